The molecular formula is C28H25N7OS. The Labute approximate surface area is 217 Å². The standard InChI is InChI=1S/C28H25N7OS/c1-28(2,3)11-23(36)31-19-9-17(12-29-14-19)18-10-21-25(34-35-26(21)30-13-18)27-32-22-6-4-5-20(24(22)33-27)16-7-8-37-15-16/h4-10,12-15H,11H2,1-3H3,(H,31,36)(H,32,33)(H,30,34,35). The summed E-state index contributed by atoms with van der Waals surface area (Å²) in [6.45, 7) is 6.11. The summed E-state index contributed by atoms with van der Waals surface area (Å²) in [6, 6.07) is 12.2. The van der Waals surface area contributed by atoms with Crippen LogP contribution in [-0.2, 0) is 4.79 Å². The molecule has 0 saturated carbocycles. The molecule has 0 aliphatic heterocycles. The van der Waals surface area contributed by atoms with Crippen LogP contribution < -0.4 is 5.32 Å². The first kappa shape index (κ1) is 23.1. The van der Waals surface area contributed by atoms with E-state index in [2.05, 4.69) is 53.4 Å². The van der Waals surface area contributed by atoms with E-state index in [0.29, 0.717) is 23.6 Å². The summed E-state index contributed by atoms with van der Waals surface area (Å²) in [5.41, 5.74) is 7.72. The van der Waals surface area contributed by atoms with Gasteiger partial charge in [-0.2, -0.15) is 16.4 Å². The normalized spacial score (nSPS) is 11.9. The van der Waals surface area contributed by atoms with Crippen molar-refractivity contribution in [3.8, 4) is 33.8 Å². The summed E-state index contributed by atoms with van der Waals surface area (Å²) in [7, 11) is 0. The van der Waals surface area contributed by atoms with E-state index >= 15 is 0 Å². The highest BCUT2D eigenvalue weighted by Crippen LogP contribution is 2.33. The van der Waals surface area contributed by atoms with Gasteiger partial charge in [0, 0.05) is 35.5 Å². The number of thiophene rings is 1. The van der Waals surface area contributed by atoms with Crippen molar-refractivity contribution in [1.29, 1.82) is 0 Å². The van der Waals surface area contributed by atoms with E-state index in [1.807, 2.05) is 45.0 Å². The molecule has 1 amide bonds. The van der Waals surface area contributed by atoms with Gasteiger partial charge in [-0.3, -0.25) is 14.9 Å². The molecule has 184 valence electrons. The van der Waals surface area contributed by atoms with Gasteiger partial charge in [0.1, 0.15) is 5.69 Å². The molecule has 3 N–H and O–H groups in total. The van der Waals surface area contributed by atoms with Crippen LogP contribution in [0.3, 0.4) is 0 Å². The molecule has 0 saturated heterocycles. The summed E-state index contributed by atoms with van der Waals surface area (Å²) in [6.07, 6.45) is 5.60. The molecule has 0 aliphatic rings. The number of nitrogens with zero attached hydrogens (tertiary/aromatic N) is 4. The number of amides is 1. The van der Waals surface area contributed by atoms with Crippen LogP contribution >= 0.6 is 11.3 Å². The van der Waals surface area contributed by atoms with Crippen LogP contribution in [0, 0.1) is 5.41 Å². The second kappa shape index (κ2) is 8.94. The fraction of sp³-hybridized carbons (Fsp3) is 0.179. The van der Waals surface area contributed by atoms with Crippen LogP contribution in [0.1, 0.15) is 27.2 Å². The minimum Gasteiger partial charge on any atom is -0.337 e. The van der Waals surface area contributed by atoms with Crippen molar-refractivity contribution in [1.82, 2.24) is 30.1 Å². The van der Waals surface area contributed by atoms with Gasteiger partial charge in [-0.1, -0.05) is 32.9 Å². The summed E-state index contributed by atoms with van der Waals surface area (Å²) in [5.74, 6) is 0.657. The number of para-hydroxylation sites is 1. The van der Waals surface area contributed by atoms with Crippen molar-refractivity contribution in [2.75, 3.05) is 5.32 Å². The number of carbonyl (C=O) groups is 1. The molecular weight excluding hydrogens is 482 g/mol. The van der Waals surface area contributed by atoms with Gasteiger partial charge in [-0.25, -0.2) is 9.97 Å². The number of benzene rings is 1. The Morgan fingerprint density at radius 3 is 2.73 bits per heavy atom. The van der Waals surface area contributed by atoms with Crippen molar-refractivity contribution in [2.45, 2.75) is 27.2 Å². The molecule has 37 heavy (non-hydrogen) atoms. The Morgan fingerprint density at radius 1 is 1.05 bits per heavy atom. The zero-order chi connectivity index (χ0) is 25.6. The number of pyridine rings is 2. The number of hydrogen-bond acceptors (Lipinski definition) is 6. The molecule has 1 aromatic carbocycles. The average molecular weight is 508 g/mol. The lowest BCUT2D eigenvalue weighted by Crippen LogP contribution is -2.19. The molecule has 0 bridgehead atoms. The molecule has 0 fully saturated rings. The maximum atomic E-state index is 12.4. The first-order valence-corrected chi connectivity index (χ1v) is 12.9. The monoisotopic (exact) mass is 507 g/mol. The van der Waals surface area contributed by atoms with Gasteiger partial charge in [0.25, 0.3) is 0 Å². The van der Waals surface area contributed by atoms with Crippen LogP contribution in [0.4, 0.5) is 5.69 Å². The van der Waals surface area contributed by atoms with Crippen molar-refractivity contribution < 1.29 is 4.79 Å². The third-order valence-corrected chi connectivity index (χ3v) is 6.72. The van der Waals surface area contributed by atoms with Crippen molar-refractivity contribution in [3.63, 3.8) is 0 Å². The smallest absolute Gasteiger partial charge is 0.224 e. The lowest BCUT2D eigenvalue weighted by molar-refractivity contribution is -0.117. The van der Waals surface area contributed by atoms with E-state index in [1.54, 1.807) is 29.9 Å². The maximum absolute atomic E-state index is 12.4. The number of nitrogens with one attached hydrogen (secondary N) is 3. The molecule has 5 aromatic heterocycles. The highest BCUT2D eigenvalue weighted by Gasteiger charge is 2.18. The number of aromatic amines is 2. The molecule has 0 atom stereocenters. The van der Waals surface area contributed by atoms with Gasteiger partial charge in [-0.15, -0.1) is 0 Å². The Balaban J connectivity index is 1.36. The van der Waals surface area contributed by atoms with Gasteiger partial charge in [0.2, 0.25) is 5.91 Å². The number of rotatable bonds is 5. The number of hydrogen-bond donors (Lipinski definition) is 3. The predicted molar refractivity (Wildman–Crippen MR) is 148 cm³/mol. The van der Waals surface area contributed by atoms with Crippen molar-refractivity contribution in [2.24, 2.45) is 5.41 Å². The van der Waals surface area contributed by atoms with Crippen LogP contribution in [-0.4, -0.2) is 36.0 Å². The van der Waals surface area contributed by atoms with Gasteiger partial charge < -0.3 is 10.3 Å². The van der Waals surface area contributed by atoms with Crippen molar-refractivity contribution in [3.05, 3.63) is 65.7 Å². The molecule has 0 spiro atoms. The Hall–Kier alpha value is -4.37. The van der Waals surface area contributed by atoms with Gasteiger partial charge in [0.05, 0.1) is 28.3 Å². The Morgan fingerprint density at radius 2 is 1.92 bits per heavy atom. The van der Waals surface area contributed by atoms with Crippen LogP contribution in [0.5, 0.6) is 0 Å². The number of carbonyl (C=O) groups excluding carboxylic acids is 1. The van der Waals surface area contributed by atoms with E-state index in [4.69, 9.17) is 4.98 Å². The van der Waals surface area contributed by atoms with E-state index < -0.39 is 0 Å². The third kappa shape index (κ3) is 4.61. The van der Waals surface area contributed by atoms with Crippen molar-refractivity contribution >= 4 is 45.0 Å². The topological polar surface area (TPSA) is 112 Å². The molecule has 6 aromatic rings. The number of H-pyrrole nitrogens is 2. The van der Waals surface area contributed by atoms with E-state index in [-0.39, 0.29) is 11.3 Å². The quantitative estimate of drug-likeness (QED) is 0.241. The lowest BCUT2D eigenvalue weighted by atomic mass is 9.92. The minimum atomic E-state index is -0.0944. The second-order valence-electron chi connectivity index (χ2n) is 10.2. The molecule has 8 nitrogen and oxygen atoms in total. The number of anilines is 1. The lowest BCUT2D eigenvalue weighted by Gasteiger charge is -2.17. The Bertz CT molecular complexity index is 1740. The van der Waals surface area contributed by atoms with E-state index in [0.717, 1.165) is 44.4 Å². The number of fused-ring (bicyclic) bond motifs is 2. The second-order valence-corrected chi connectivity index (χ2v) is 11.0. The van der Waals surface area contributed by atoms with Gasteiger partial charge in [-0.05, 0) is 46.0 Å². The predicted octanol–water partition coefficient (Wildman–Crippen LogP) is 6.67. The zero-order valence-corrected chi connectivity index (χ0v) is 21.5. The van der Waals surface area contributed by atoms with Crippen LogP contribution in [0.25, 0.3) is 55.8 Å². The molecule has 0 radical (unpaired) electrons. The van der Waals surface area contributed by atoms with E-state index in [9.17, 15) is 4.79 Å². The van der Waals surface area contributed by atoms with E-state index in [1.165, 1.54) is 0 Å². The third-order valence-electron chi connectivity index (χ3n) is 6.04. The largest absolute Gasteiger partial charge is 0.337 e. The number of imidazole rings is 1. The summed E-state index contributed by atoms with van der Waals surface area (Å²) in [5, 5.41) is 15.5. The fourth-order valence-corrected chi connectivity index (χ4v) is 5.05. The Kier molecular flexibility index (Phi) is 5.57. The first-order valence-electron chi connectivity index (χ1n) is 12.0. The maximum Gasteiger partial charge on any atom is 0.224 e. The molecule has 5 heterocycles. The fourth-order valence-electron chi connectivity index (χ4n) is 4.39. The van der Waals surface area contributed by atoms with Crippen LogP contribution in [0.2, 0.25) is 0 Å². The molecule has 0 unspecified atom stereocenters. The van der Waals surface area contributed by atoms with Gasteiger partial charge in [0.15, 0.2) is 11.5 Å². The first-order chi connectivity index (χ1) is 17.8. The summed E-state index contributed by atoms with van der Waals surface area (Å²) >= 11 is 1.66. The molecule has 0 aliphatic carbocycles. The van der Waals surface area contributed by atoms with Gasteiger partial charge >= 0.3 is 0 Å². The summed E-state index contributed by atoms with van der Waals surface area (Å²) in [4.78, 5) is 29.7. The molecule has 9 heteroatoms. The van der Waals surface area contributed by atoms with Crippen LogP contribution in [0.15, 0.2) is 65.7 Å². The minimum absolute atomic E-state index is 0.0381. The highest BCUT2D eigenvalue weighted by atomic mass is 32.1. The SMILES string of the molecule is CC(C)(C)CC(=O)Nc1cncc(-c2cnc3n[nH]c(-c4nc5c(-c6ccsc6)cccc5[nH]4)c3c2)c1. The molecule has 6 rings (SSSR count). The number of aromatic nitrogens is 6. The summed E-state index contributed by atoms with van der Waals surface area (Å²) < 4.78 is 0. The zero-order valence-electron chi connectivity index (χ0n) is 20.7. The average Bonchev–Trinajstić information content (AvgIpc) is 3.61. The highest BCUT2D eigenvalue weighted by molar-refractivity contribution is 7.08.